The van der Waals surface area contributed by atoms with Crippen LogP contribution in [0.3, 0.4) is 0 Å². The predicted molar refractivity (Wildman–Crippen MR) is 88.5 cm³/mol. The summed E-state index contributed by atoms with van der Waals surface area (Å²) in [5, 5.41) is 8.20. The lowest BCUT2D eigenvalue weighted by Gasteiger charge is -2.37. The van der Waals surface area contributed by atoms with Crippen molar-refractivity contribution >= 4 is 5.91 Å². The Balaban J connectivity index is 1.54. The molecule has 6 nitrogen and oxygen atoms in total. The zero-order valence-corrected chi connectivity index (χ0v) is 14.4. The molecule has 2 heterocycles. The molecule has 2 aromatic rings. The van der Waals surface area contributed by atoms with Crippen molar-refractivity contribution in [2.45, 2.75) is 45.8 Å². The van der Waals surface area contributed by atoms with Crippen molar-refractivity contribution in [3.8, 4) is 0 Å². The molecule has 1 amide bonds. The van der Waals surface area contributed by atoms with E-state index < -0.39 is 0 Å². The van der Waals surface area contributed by atoms with Gasteiger partial charge in [-0.05, 0) is 24.5 Å². The number of carbonyl (C=O) groups is 1. The van der Waals surface area contributed by atoms with Gasteiger partial charge in [0.2, 0.25) is 17.7 Å². The summed E-state index contributed by atoms with van der Waals surface area (Å²) in [4.78, 5) is 12.9. The van der Waals surface area contributed by atoms with Gasteiger partial charge < -0.3 is 14.1 Å². The molecule has 0 aliphatic carbocycles. The van der Waals surface area contributed by atoms with Crippen molar-refractivity contribution < 1.29 is 13.9 Å². The monoisotopic (exact) mass is 329 g/mol. The summed E-state index contributed by atoms with van der Waals surface area (Å²) in [6.45, 7) is 7.31. The van der Waals surface area contributed by atoms with Crippen molar-refractivity contribution in [3.05, 3.63) is 47.2 Å². The fourth-order valence-electron chi connectivity index (χ4n) is 2.67. The normalized spacial score (nSPS) is 16.0. The van der Waals surface area contributed by atoms with Crippen molar-refractivity contribution in [1.29, 1.82) is 0 Å². The van der Waals surface area contributed by atoms with Gasteiger partial charge in [0.05, 0.1) is 12.0 Å². The average Bonchev–Trinajstić information content (AvgIpc) is 3.01. The smallest absolute Gasteiger partial charge is 0.242 e. The van der Waals surface area contributed by atoms with E-state index in [0.29, 0.717) is 24.9 Å². The van der Waals surface area contributed by atoms with Crippen LogP contribution in [0.1, 0.15) is 49.6 Å². The van der Waals surface area contributed by atoms with Crippen molar-refractivity contribution in [3.63, 3.8) is 0 Å². The number of aromatic nitrogens is 2. The highest BCUT2D eigenvalue weighted by Crippen LogP contribution is 2.24. The molecule has 0 bridgehead atoms. The molecule has 128 valence electrons. The maximum Gasteiger partial charge on any atom is 0.242 e. The fourth-order valence-corrected chi connectivity index (χ4v) is 2.67. The van der Waals surface area contributed by atoms with E-state index in [0.717, 1.165) is 12.0 Å². The third-order valence-corrected chi connectivity index (χ3v) is 4.48. The number of carbonyl (C=O) groups excluding carboxylic acids is 1. The summed E-state index contributed by atoms with van der Waals surface area (Å²) in [6.07, 6.45) is 1.09. The molecule has 0 N–H and O–H groups in total. The summed E-state index contributed by atoms with van der Waals surface area (Å²) in [6, 6.07) is 8.47. The highest BCUT2D eigenvalue weighted by atomic mass is 16.5. The number of ether oxygens (including phenoxy) is 1. The molecule has 24 heavy (non-hydrogen) atoms. The van der Waals surface area contributed by atoms with Crippen LogP contribution in [0.25, 0.3) is 0 Å². The van der Waals surface area contributed by atoms with E-state index in [1.807, 2.05) is 0 Å². The second-order valence-corrected chi connectivity index (χ2v) is 6.21. The maximum absolute atomic E-state index is 11.1. The Morgan fingerprint density at radius 1 is 1.33 bits per heavy atom. The molecule has 1 fully saturated rings. The van der Waals surface area contributed by atoms with Crippen LogP contribution in [0.4, 0.5) is 0 Å². The number of nitrogens with zero attached hydrogens (tertiary/aromatic N) is 3. The quantitative estimate of drug-likeness (QED) is 0.814. The van der Waals surface area contributed by atoms with E-state index in [4.69, 9.17) is 9.15 Å². The lowest BCUT2D eigenvalue weighted by molar-refractivity contribution is -0.143. The van der Waals surface area contributed by atoms with E-state index >= 15 is 0 Å². The topological polar surface area (TPSA) is 68.5 Å². The number of aryl methyl sites for hydroxylation is 1. The molecule has 0 spiro atoms. The molecule has 0 saturated carbocycles. The molecule has 1 aliphatic heterocycles. The Bertz CT molecular complexity index is 690. The summed E-state index contributed by atoms with van der Waals surface area (Å²) in [7, 11) is 0. The van der Waals surface area contributed by atoms with E-state index in [2.05, 4.69) is 48.3 Å². The second kappa shape index (κ2) is 7.13. The van der Waals surface area contributed by atoms with Crippen LogP contribution in [0.2, 0.25) is 0 Å². The largest absolute Gasteiger partial charge is 0.422 e. The molecular formula is C18H23N3O3. The predicted octanol–water partition coefficient (Wildman–Crippen LogP) is 2.53. The minimum absolute atomic E-state index is 0.0501. The Morgan fingerprint density at radius 3 is 2.67 bits per heavy atom. The lowest BCUT2D eigenvalue weighted by atomic mass is 9.99. The van der Waals surface area contributed by atoms with Crippen LogP contribution >= 0.6 is 0 Å². The fraction of sp³-hybridized carbons (Fsp3) is 0.500. The standard InChI is InChI=1S/C18H23N3O3/c1-4-14-5-7-15(8-6-14)12(2)18-20-19-17(24-18)11-23-16-9-21(10-16)13(3)22/h5-8,12,16H,4,9-11H2,1-3H3. The average molecular weight is 329 g/mol. The Hall–Kier alpha value is -2.21. The first-order chi connectivity index (χ1) is 11.6. The van der Waals surface area contributed by atoms with Crippen molar-refractivity contribution in [1.82, 2.24) is 15.1 Å². The zero-order chi connectivity index (χ0) is 17.1. The zero-order valence-electron chi connectivity index (χ0n) is 14.4. The molecular weight excluding hydrogens is 306 g/mol. The Kier molecular flexibility index (Phi) is 4.94. The van der Waals surface area contributed by atoms with Crippen LogP contribution in [0.15, 0.2) is 28.7 Å². The van der Waals surface area contributed by atoms with Gasteiger partial charge in [0, 0.05) is 20.0 Å². The molecule has 0 radical (unpaired) electrons. The number of likely N-dealkylation sites (tertiary alicyclic amines) is 1. The van der Waals surface area contributed by atoms with Gasteiger partial charge in [-0.3, -0.25) is 4.79 Å². The number of hydrogen-bond donors (Lipinski definition) is 0. The van der Waals surface area contributed by atoms with Crippen LogP contribution in [-0.2, 0) is 22.6 Å². The molecule has 1 unspecified atom stereocenters. The first kappa shape index (κ1) is 16.6. The minimum atomic E-state index is 0.0501. The van der Waals surface area contributed by atoms with Gasteiger partial charge in [-0.2, -0.15) is 0 Å². The minimum Gasteiger partial charge on any atom is -0.422 e. The van der Waals surface area contributed by atoms with Gasteiger partial charge >= 0.3 is 0 Å². The van der Waals surface area contributed by atoms with Gasteiger partial charge in [-0.1, -0.05) is 31.2 Å². The van der Waals surface area contributed by atoms with Gasteiger partial charge in [0.15, 0.2) is 0 Å². The maximum atomic E-state index is 11.1. The molecule has 1 aromatic carbocycles. The van der Waals surface area contributed by atoms with E-state index in [1.165, 1.54) is 5.56 Å². The summed E-state index contributed by atoms with van der Waals surface area (Å²) in [5.41, 5.74) is 2.46. The molecule has 6 heteroatoms. The summed E-state index contributed by atoms with van der Waals surface area (Å²) >= 11 is 0. The van der Waals surface area contributed by atoms with Crippen molar-refractivity contribution in [2.75, 3.05) is 13.1 Å². The molecule has 1 aromatic heterocycles. The van der Waals surface area contributed by atoms with Gasteiger partial charge in [0.1, 0.15) is 6.61 Å². The van der Waals surface area contributed by atoms with Gasteiger partial charge in [0.25, 0.3) is 0 Å². The SMILES string of the molecule is CCc1ccc(C(C)c2nnc(COC3CN(C(C)=O)C3)o2)cc1. The molecule has 1 aliphatic rings. The van der Waals surface area contributed by atoms with Gasteiger partial charge in [-0.25, -0.2) is 0 Å². The third-order valence-electron chi connectivity index (χ3n) is 4.48. The second-order valence-electron chi connectivity index (χ2n) is 6.21. The van der Waals surface area contributed by atoms with Gasteiger partial charge in [-0.15, -0.1) is 10.2 Å². The third kappa shape index (κ3) is 3.64. The van der Waals surface area contributed by atoms with Crippen LogP contribution in [0.5, 0.6) is 0 Å². The van der Waals surface area contributed by atoms with Crippen LogP contribution in [-0.4, -0.2) is 40.2 Å². The van der Waals surface area contributed by atoms with Crippen LogP contribution < -0.4 is 0 Å². The molecule has 1 saturated heterocycles. The number of amides is 1. The Morgan fingerprint density at radius 2 is 2.04 bits per heavy atom. The summed E-state index contributed by atoms with van der Waals surface area (Å²) in [5.74, 6) is 1.20. The first-order valence-corrected chi connectivity index (χ1v) is 8.35. The highest BCUT2D eigenvalue weighted by molar-refractivity contribution is 5.74. The van der Waals surface area contributed by atoms with E-state index in [1.54, 1.807) is 11.8 Å². The lowest BCUT2D eigenvalue weighted by Crippen LogP contribution is -2.53. The molecule has 1 atom stereocenters. The molecule has 3 rings (SSSR count). The number of hydrogen-bond acceptors (Lipinski definition) is 5. The van der Waals surface area contributed by atoms with E-state index in [9.17, 15) is 4.79 Å². The summed E-state index contributed by atoms with van der Waals surface area (Å²) < 4.78 is 11.4. The Labute approximate surface area is 141 Å². The van der Waals surface area contributed by atoms with Crippen LogP contribution in [0, 0.1) is 0 Å². The first-order valence-electron chi connectivity index (χ1n) is 8.35. The van der Waals surface area contributed by atoms with E-state index in [-0.39, 0.29) is 24.5 Å². The number of rotatable bonds is 6. The highest BCUT2D eigenvalue weighted by Gasteiger charge is 2.29. The van der Waals surface area contributed by atoms with Crippen molar-refractivity contribution in [2.24, 2.45) is 0 Å². The number of benzene rings is 1.